The number of nitrogens with two attached hydrogens (primary N) is 1. The normalized spacial score (nSPS) is 11.7. The van der Waals surface area contributed by atoms with Crippen LogP contribution in [0.25, 0.3) is 0 Å². The van der Waals surface area contributed by atoms with Gasteiger partial charge >= 0.3 is 5.97 Å². The molecule has 2 rings (SSSR count). The second-order valence-corrected chi connectivity index (χ2v) is 4.90. The van der Waals surface area contributed by atoms with Crippen molar-refractivity contribution in [1.29, 1.82) is 0 Å². The maximum absolute atomic E-state index is 10.9. The summed E-state index contributed by atoms with van der Waals surface area (Å²) in [7, 11) is 1.54. The van der Waals surface area contributed by atoms with Crippen molar-refractivity contribution < 1.29 is 19.4 Å². The Morgan fingerprint density at radius 3 is 2.59 bits per heavy atom. The molecule has 0 saturated heterocycles. The van der Waals surface area contributed by atoms with E-state index in [1.54, 1.807) is 18.2 Å². The molecule has 5 nitrogen and oxygen atoms in total. The molecule has 0 radical (unpaired) electrons. The predicted octanol–water partition coefficient (Wildman–Crippen LogP) is 2.23. The summed E-state index contributed by atoms with van der Waals surface area (Å²) < 4.78 is 11.0. The lowest BCUT2D eigenvalue weighted by atomic mass is 10.1. The van der Waals surface area contributed by atoms with Gasteiger partial charge in [-0.1, -0.05) is 30.3 Å². The monoisotopic (exact) mass is 301 g/mol. The summed E-state index contributed by atoms with van der Waals surface area (Å²) in [5.41, 5.74) is 7.36. The van der Waals surface area contributed by atoms with E-state index < -0.39 is 12.0 Å². The molecule has 3 N–H and O–H groups in total. The average molecular weight is 301 g/mol. The number of hydrogen-bond acceptors (Lipinski definition) is 4. The third-order valence-corrected chi connectivity index (χ3v) is 3.26. The zero-order valence-electron chi connectivity index (χ0n) is 12.4. The largest absolute Gasteiger partial charge is 0.496 e. The average Bonchev–Trinajstić information content (AvgIpc) is 2.54. The summed E-state index contributed by atoms with van der Waals surface area (Å²) in [5, 5.41) is 8.93. The molecule has 22 heavy (non-hydrogen) atoms. The summed E-state index contributed by atoms with van der Waals surface area (Å²) in [5.74, 6) is 0.207. The SMILES string of the molecule is COc1ccc(OCc2ccccc2)cc1C[C@H](N)C(=O)O. The van der Waals surface area contributed by atoms with Gasteiger partial charge in [-0.3, -0.25) is 4.79 Å². The molecular weight excluding hydrogens is 282 g/mol. The summed E-state index contributed by atoms with van der Waals surface area (Å²) in [6, 6.07) is 14.1. The molecule has 0 unspecified atom stereocenters. The Morgan fingerprint density at radius 2 is 1.95 bits per heavy atom. The first-order chi connectivity index (χ1) is 10.6. The van der Waals surface area contributed by atoms with Crippen molar-refractivity contribution >= 4 is 5.97 Å². The van der Waals surface area contributed by atoms with Crippen LogP contribution in [0.2, 0.25) is 0 Å². The number of methoxy groups -OCH3 is 1. The minimum Gasteiger partial charge on any atom is -0.496 e. The molecule has 2 aromatic carbocycles. The van der Waals surface area contributed by atoms with Crippen molar-refractivity contribution in [2.24, 2.45) is 5.73 Å². The van der Waals surface area contributed by atoms with Gasteiger partial charge in [0, 0.05) is 6.42 Å². The summed E-state index contributed by atoms with van der Waals surface area (Å²) >= 11 is 0. The van der Waals surface area contributed by atoms with Gasteiger partial charge in [-0.05, 0) is 29.3 Å². The van der Waals surface area contributed by atoms with E-state index in [0.717, 1.165) is 5.56 Å². The van der Waals surface area contributed by atoms with Crippen molar-refractivity contribution in [3.8, 4) is 11.5 Å². The zero-order chi connectivity index (χ0) is 15.9. The van der Waals surface area contributed by atoms with Crippen LogP contribution in [0.3, 0.4) is 0 Å². The van der Waals surface area contributed by atoms with E-state index in [1.165, 1.54) is 7.11 Å². The van der Waals surface area contributed by atoms with Gasteiger partial charge < -0.3 is 20.3 Å². The Morgan fingerprint density at radius 1 is 1.23 bits per heavy atom. The zero-order valence-corrected chi connectivity index (χ0v) is 12.4. The van der Waals surface area contributed by atoms with Crippen molar-refractivity contribution in [3.05, 3.63) is 59.7 Å². The van der Waals surface area contributed by atoms with E-state index in [9.17, 15) is 4.79 Å². The van der Waals surface area contributed by atoms with Crippen LogP contribution in [0.1, 0.15) is 11.1 Å². The molecule has 0 spiro atoms. The summed E-state index contributed by atoms with van der Waals surface area (Å²) in [6.07, 6.45) is 0.182. The van der Waals surface area contributed by atoms with Gasteiger partial charge in [-0.15, -0.1) is 0 Å². The second kappa shape index (κ2) is 7.47. The number of hydrogen-bond donors (Lipinski definition) is 2. The predicted molar refractivity (Wildman–Crippen MR) is 83.1 cm³/mol. The van der Waals surface area contributed by atoms with Crippen LogP contribution >= 0.6 is 0 Å². The Balaban J connectivity index is 2.10. The topological polar surface area (TPSA) is 81.8 Å². The van der Waals surface area contributed by atoms with E-state index in [1.807, 2.05) is 30.3 Å². The van der Waals surface area contributed by atoms with Crippen molar-refractivity contribution in [2.45, 2.75) is 19.1 Å². The lowest BCUT2D eigenvalue weighted by Gasteiger charge is -2.13. The number of ether oxygens (including phenoxy) is 2. The van der Waals surface area contributed by atoms with Gasteiger partial charge in [0.05, 0.1) is 7.11 Å². The van der Waals surface area contributed by atoms with Gasteiger partial charge in [0.25, 0.3) is 0 Å². The number of carboxylic acid groups (broad SMARTS) is 1. The van der Waals surface area contributed by atoms with Crippen LogP contribution in [0, 0.1) is 0 Å². The fourth-order valence-corrected chi connectivity index (χ4v) is 2.07. The third-order valence-electron chi connectivity index (χ3n) is 3.26. The van der Waals surface area contributed by atoms with Crippen LogP contribution in [0.15, 0.2) is 48.5 Å². The number of benzene rings is 2. The summed E-state index contributed by atoms with van der Waals surface area (Å²) in [4.78, 5) is 10.9. The first-order valence-electron chi connectivity index (χ1n) is 6.92. The van der Waals surface area contributed by atoms with E-state index in [4.69, 9.17) is 20.3 Å². The van der Waals surface area contributed by atoms with Crippen LogP contribution in [0.5, 0.6) is 11.5 Å². The van der Waals surface area contributed by atoms with E-state index >= 15 is 0 Å². The lowest BCUT2D eigenvalue weighted by molar-refractivity contribution is -0.138. The van der Waals surface area contributed by atoms with E-state index in [2.05, 4.69) is 0 Å². The van der Waals surface area contributed by atoms with Gasteiger partial charge in [-0.25, -0.2) is 0 Å². The Kier molecular flexibility index (Phi) is 5.38. The maximum Gasteiger partial charge on any atom is 0.320 e. The molecule has 0 amide bonds. The van der Waals surface area contributed by atoms with Crippen molar-refractivity contribution in [1.82, 2.24) is 0 Å². The molecule has 0 bridgehead atoms. The quantitative estimate of drug-likeness (QED) is 0.819. The number of carbonyl (C=O) groups is 1. The molecule has 0 aliphatic heterocycles. The lowest BCUT2D eigenvalue weighted by Crippen LogP contribution is -2.32. The standard InChI is InChI=1S/C17H19NO4/c1-21-16-8-7-14(9-13(16)10-15(18)17(19)20)22-11-12-5-3-2-4-6-12/h2-9,15H,10-11,18H2,1H3,(H,19,20)/t15-/m0/s1. The van der Waals surface area contributed by atoms with E-state index in [-0.39, 0.29) is 6.42 Å². The molecule has 0 aliphatic carbocycles. The van der Waals surface area contributed by atoms with Gasteiger partial charge in [-0.2, -0.15) is 0 Å². The molecule has 2 aromatic rings. The van der Waals surface area contributed by atoms with Crippen LogP contribution in [-0.4, -0.2) is 24.2 Å². The van der Waals surface area contributed by atoms with Crippen LogP contribution < -0.4 is 15.2 Å². The number of rotatable bonds is 7. The highest BCUT2D eigenvalue weighted by molar-refractivity contribution is 5.73. The minimum absolute atomic E-state index is 0.182. The fraction of sp³-hybridized carbons (Fsp3) is 0.235. The van der Waals surface area contributed by atoms with E-state index in [0.29, 0.717) is 23.7 Å². The van der Waals surface area contributed by atoms with Crippen molar-refractivity contribution in [3.63, 3.8) is 0 Å². The Hall–Kier alpha value is -2.53. The molecule has 5 heteroatoms. The maximum atomic E-state index is 10.9. The van der Waals surface area contributed by atoms with Crippen LogP contribution in [0.4, 0.5) is 0 Å². The van der Waals surface area contributed by atoms with Crippen molar-refractivity contribution in [2.75, 3.05) is 7.11 Å². The van der Waals surface area contributed by atoms with Gasteiger partial charge in [0.15, 0.2) is 0 Å². The Labute approximate surface area is 129 Å². The molecule has 0 aromatic heterocycles. The van der Waals surface area contributed by atoms with Gasteiger partial charge in [0.2, 0.25) is 0 Å². The number of aliphatic carboxylic acids is 1. The molecule has 0 saturated carbocycles. The van der Waals surface area contributed by atoms with Crippen LogP contribution in [-0.2, 0) is 17.8 Å². The molecular formula is C17H19NO4. The second-order valence-electron chi connectivity index (χ2n) is 4.90. The molecule has 116 valence electrons. The fourth-order valence-electron chi connectivity index (χ4n) is 2.07. The highest BCUT2D eigenvalue weighted by Gasteiger charge is 2.15. The molecule has 1 atom stereocenters. The molecule has 0 fully saturated rings. The first kappa shape index (κ1) is 15.9. The molecule has 0 heterocycles. The Bertz CT molecular complexity index is 628. The third kappa shape index (κ3) is 4.23. The number of carboxylic acids is 1. The minimum atomic E-state index is -1.04. The smallest absolute Gasteiger partial charge is 0.320 e. The van der Waals surface area contributed by atoms with Gasteiger partial charge in [0.1, 0.15) is 24.1 Å². The highest BCUT2D eigenvalue weighted by Crippen LogP contribution is 2.25. The molecule has 0 aliphatic rings. The first-order valence-corrected chi connectivity index (χ1v) is 6.92. The highest BCUT2D eigenvalue weighted by atomic mass is 16.5. The summed E-state index contributed by atoms with van der Waals surface area (Å²) in [6.45, 7) is 0.442.